The molecule has 0 aromatic heterocycles. The number of ether oxygens (including phenoxy) is 1. The van der Waals surface area contributed by atoms with Crippen molar-refractivity contribution in [3.63, 3.8) is 0 Å². The average Bonchev–Trinajstić information content (AvgIpc) is 2.43. The number of nitrogen functional groups attached to an aromatic ring is 1. The fourth-order valence-electron chi connectivity index (χ4n) is 1.62. The second kappa shape index (κ2) is 6.06. The highest BCUT2D eigenvalue weighted by atomic mass is 19.1. The van der Waals surface area contributed by atoms with E-state index in [1.54, 1.807) is 31.2 Å². The van der Waals surface area contributed by atoms with Crippen LogP contribution in [0.2, 0.25) is 0 Å². The summed E-state index contributed by atoms with van der Waals surface area (Å²) in [4.78, 5) is 11.9. The van der Waals surface area contributed by atoms with Gasteiger partial charge in [0.2, 0.25) is 0 Å². The summed E-state index contributed by atoms with van der Waals surface area (Å²) < 4.78 is 18.9. The molecule has 1 unspecified atom stereocenters. The van der Waals surface area contributed by atoms with E-state index in [1.807, 2.05) is 6.07 Å². The normalized spacial score (nSPS) is 11.7. The van der Waals surface area contributed by atoms with Gasteiger partial charge in [0.15, 0.2) is 17.7 Å². The monoisotopic (exact) mass is 274 g/mol. The molecule has 20 heavy (non-hydrogen) atoms. The third-order valence-corrected chi connectivity index (χ3v) is 2.67. The van der Waals surface area contributed by atoms with Gasteiger partial charge >= 0.3 is 0 Å². The van der Waals surface area contributed by atoms with Gasteiger partial charge in [-0.15, -0.1) is 0 Å². The number of nitrogens with two attached hydrogens (primary N) is 1. The molecule has 2 aromatic carbocycles. The summed E-state index contributed by atoms with van der Waals surface area (Å²) in [7, 11) is 0. The van der Waals surface area contributed by atoms with Crippen molar-refractivity contribution < 1.29 is 13.9 Å². The molecule has 2 aromatic rings. The number of hydrogen-bond donors (Lipinski definition) is 2. The van der Waals surface area contributed by atoms with Crippen molar-refractivity contribution in [2.24, 2.45) is 0 Å². The van der Waals surface area contributed by atoms with Crippen LogP contribution in [0.5, 0.6) is 5.75 Å². The molecule has 0 aliphatic heterocycles. The highest BCUT2D eigenvalue weighted by Crippen LogP contribution is 2.20. The zero-order valence-corrected chi connectivity index (χ0v) is 11.0. The van der Waals surface area contributed by atoms with Gasteiger partial charge in [-0.2, -0.15) is 0 Å². The van der Waals surface area contributed by atoms with Crippen LogP contribution >= 0.6 is 0 Å². The van der Waals surface area contributed by atoms with Crippen LogP contribution in [0.25, 0.3) is 0 Å². The van der Waals surface area contributed by atoms with Crippen molar-refractivity contribution in [2.45, 2.75) is 13.0 Å². The van der Waals surface area contributed by atoms with Crippen LogP contribution in [0.4, 0.5) is 15.8 Å². The summed E-state index contributed by atoms with van der Waals surface area (Å²) >= 11 is 0. The Hall–Kier alpha value is -2.56. The van der Waals surface area contributed by atoms with Crippen LogP contribution in [-0.4, -0.2) is 12.0 Å². The number of rotatable bonds is 4. The smallest absolute Gasteiger partial charge is 0.265 e. The molecule has 1 amide bonds. The summed E-state index contributed by atoms with van der Waals surface area (Å²) in [5.41, 5.74) is 6.41. The Morgan fingerprint density at radius 2 is 1.95 bits per heavy atom. The Morgan fingerprint density at radius 3 is 2.60 bits per heavy atom. The molecule has 1 atom stereocenters. The number of hydrogen-bond acceptors (Lipinski definition) is 3. The quantitative estimate of drug-likeness (QED) is 0.843. The van der Waals surface area contributed by atoms with E-state index < -0.39 is 11.9 Å². The van der Waals surface area contributed by atoms with Crippen LogP contribution in [0.15, 0.2) is 48.5 Å². The molecular weight excluding hydrogens is 259 g/mol. The topological polar surface area (TPSA) is 64.3 Å². The Balaban J connectivity index is 2.00. The summed E-state index contributed by atoms with van der Waals surface area (Å²) in [6.07, 6.45) is -0.826. The standard InChI is InChI=1S/C15H15FN2O2/c1-10(15(19)18-12-5-3-2-4-6-12)20-14-8-7-11(17)9-13(14)16/h2-10H,17H2,1H3,(H,18,19). The van der Waals surface area contributed by atoms with Crippen molar-refractivity contribution >= 4 is 17.3 Å². The fraction of sp³-hybridized carbons (Fsp3) is 0.133. The van der Waals surface area contributed by atoms with E-state index in [0.29, 0.717) is 11.4 Å². The second-order valence-electron chi connectivity index (χ2n) is 4.31. The molecule has 5 heteroatoms. The lowest BCUT2D eigenvalue weighted by molar-refractivity contribution is -0.122. The van der Waals surface area contributed by atoms with Gasteiger partial charge in [0.05, 0.1) is 0 Å². The highest BCUT2D eigenvalue weighted by Gasteiger charge is 2.16. The Labute approximate surface area is 116 Å². The van der Waals surface area contributed by atoms with Crippen LogP contribution in [0.1, 0.15) is 6.92 Å². The van der Waals surface area contributed by atoms with Gasteiger partial charge in [-0.25, -0.2) is 4.39 Å². The van der Waals surface area contributed by atoms with E-state index in [9.17, 15) is 9.18 Å². The van der Waals surface area contributed by atoms with Crippen LogP contribution in [-0.2, 0) is 4.79 Å². The predicted molar refractivity (Wildman–Crippen MR) is 76.0 cm³/mol. The SMILES string of the molecule is CC(Oc1ccc(N)cc1F)C(=O)Nc1ccccc1. The Bertz CT molecular complexity index is 602. The maximum Gasteiger partial charge on any atom is 0.265 e. The zero-order chi connectivity index (χ0) is 14.5. The van der Waals surface area contributed by atoms with Crippen LogP contribution in [0, 0.1) is 5.82 Å². The molecule has 4 nitrogen and oxygen atoms in total. The van der Waals surface area contributed by atoms with Gasteiger partial charge in [-0.1, -0.05) is 18.2 Å². The maximum atomic E-state index is 13.6. The lowest BCUT2D eigenvalue weighted by atomic mass is 10.2. The number of amides is 1. The first-order valence-electron chi connectivity index (χ1n) is 6.14. The van der Waals surface area contributed by atoms with Gasteiger partial charge < -0.3 is 15.8 Å². The summed E-state index contributed by atoms with van der Waals surface area (Å²) in [6.45, 7) is 1.55. The second-order valence-corrected chi connectivity index (χ2v) is 4.31. The molecule has 2 rings (SSSR count). The molecule has 0 spiro atoms. The van der Waals surface area contributed by atoms with Gasteiger partial charge in [-0.3, -0.25) is 4.79 Å². The third-order valence-electron chi connectivity index (χ3n) is 2.67. The van der Waals surface area contributed by atoms with E-state index >= 15 is 0 Å². The number of para-hydroxylation sites is 1. The first-order valence-corrected chi connectivity index (χ1v) is 6.14. The van der Waals surface area contributed by atoms with E-state index in [4.69, 9.17) is 10.5 Å². The fourth-order valence-corrected chi connectivity index (χ4v) is 1.62. The summed E-state index contributed by atoms with van der Waals surface area (Å²) in [5, 5.41) is 2.68. The third kappa shape index (κ3) is 3.47. The minimum Gasteiger partial charge on any atom is -0.478 e. The Morgan fingerprint density at radius 1 is 1.25 bits per heavy atom. The number of carbonyl (C=O) groups is 1. The first-order chi connectivity index (χ1) is 9.56. The molecule has 0 fully saturated rings. The first kappa shape index (κ1) is 13.9. The number of benzene rings is 2. The van der Waals surface area contributed by atoms with Gasteiger partial charge in [0, 0.05) is 17.4 Å². The molecule has 0 aliphatic rings. The molecule has 3 N–H and O–H groups in total. The largest absolute Gasteiger partial charge is 0.478 e. The van der Waals surface area contributed by atoms with Crippen molar-refractivity contribution in [2.75, 3.05) is 11.1 Å². The summed E-state index contributed by atoms with van der Waals surface area (Å²) in [6, 6.07) is 13.0. The van der Waals surface area contributed by atoms with E-state index in [2.05, 4.69) is 5.32 Å². The van der Waals surface area contributed by atoms with Gasteiger partial charge in [-0.05, 0) is 31.2 Å². The predicted octanol–water partition coefficient (Wildman–Crippen LogP) is 2.81. The molecule has 0 bridgehead atoms. The lowest BCUT2D eigenvalue weighted by Crippen LogP contribution is -2.30. The molecule has 0 saturated heterocycles. The average molecular weight is 274 g/mol. The highest BCUT2D eigenvalue weighted by molar-refractivity contribution is 5.94. The number of halogens is 1. The molecule has 0 saturated carbocycles. The summed E-state index contributed by atoms with van der Waals surface area (Å²) in [5.74, 6) is -0.952. The minimum atomic E-state index is -0.826. The van der Waals surface area contributed by atoms with Crippen LogP contribution < -0.4 is 15.8 Å². The molecular formula is C15H15FN2O2. The van der Waals surface area contributed by atoms with Gasteiger partial charge in [0.25, 0.3) is 5.91 Å². The van der Waals surface area contributed by atoms with Crippen molar-refractivity contribution in [1.82, 2.24) is 0 Å². The molecule has 0 aliphatic carbocycles. The number of nitrogens with one attached hydrogen (secondary N) is 1. The molecule has 0 heterocycles. The van der Waals surface area contributed by atoms with Gasteiger partial charge in [0.1, 0.15) is 0 Å². The van der Waals surface area contributed by atoms with Crippen LogP contribution in [0.3, 0.4) is 0 Å². The Kier molecular flexibility index (Phi) is 4.20. The van der Waals surface area contributed by atoms with E-state index in [-0.39, 0.29) is 11.7 Å². The van der Waals surface area contributed by atoms with Crippen molar-refractivity contribution in [3.05, 3.63) is 54.3 Å². The molecule has 0 radical (unpaired) electrons. The van der Waals surface area contributed by atoms with E-state index in [1.165, 1.54) is 12.1 Å². The number of anilines is 2. The molecule has 104 valence electrons. The van der Waals surface area contributed by atoms with Crippen molar-refractivity contribution in [1.29, 1.82) is 0 Å². The minimum absolute atomic E-state index is 0.00471. The van der Waals surface area contributed by atoms with Crippen molar-refractivity contribution in [3.8, 4) is 5.75 Å². The zero-order valence-electron chi connectivity index (χ0n) is 11.0. The lowest BCUT2D eigenvalue weighted by Gasteiger charge is -2.15. The van der Waals surface area contributed by atoms with E-state index in [0.717, 1.165) is 6.07 Å². The maximum absolute atomic E-state index is 13.6. The number of carbonyl (C=O) groups excluding carboxylic acids is 1.